The molecule has 0 heterocycles. The molecule has 0 saturated heterocycles. The smallest absolute Gasteiger partial charge is 0.315 e. The van der Waals surface area contributed by atoms with E-state index in [9.17, 15) is 4.79 Å². The van der Waals surface area contributed by atoms with Gasteiger partial charge < -0.3 is 9.47 Å². The molecule has 21 heavy (non-hydrogen) atoms. The molecule has 0 fully saturated rings. The van der Waals surface area contributed by atoms with Crippen molar-refractivity contribution < 1.29 is 14.3 Å². The summed E-state index contributed by atoms with van der Waals surface area (Å²) in [6, 6.07) is 6.29. The molecule has 0 bridgehead atoms. The van der Waals surface area contributed by atoms with Crippen LogP contribution < -0.4 is 4.74 Å². The Bertz CT molecular complexity index is 615. The quantitative estimate of drug-likeness (QED) is 0.777. The fourth-order valence-electron chi connectivity index (χ4n) is 3.89. The van der Waals surface area contributed by atoms with E-state index in [0.29, 0.717) is 0 Å². The molecule has 0 N–H and O–H groups in total. The van der Waals surface area contributed by atoms with Crippen molar-refractivity contribution >= 4 is 11.5 Å². The van der Waals surface area contributed by atoms with Gasteiger partial charge in [-0.25, -0.2) is 0 Å². The van der Waals surface area contributed by atoms with Crippen molar-refractivity contribution in [1.82, 2.24) is 0 Å². The summed E-state index contributed by atoms with van der Waals surface area (Å²) >= 11 is 0. The van der Waals surface area contributed by atoms with E-state index in [1.807, 2.05) is 13.0 Å². The average Bonchev–Trinajstić information content (AvgIpc) is 2.53. The van der Waals surface area contributed by atoms with Crippen LogP contribution in [0.5, 0.6) is 5.75 Å². The summed E-state index contributed by atoms with van der Waals surface area (Å²) in [6.07, 6.45) is 4.90. The summed E-state index contributed by atoms with van der Waals surface area (Å²) in [6.45, 7) is 2.04. The van der Waals surface area contributed by atoms with E-state index in [1.165, 1.54) is 29.4 Å². The number of benzene rings is 1. The van der Waals surface area contributed by atoms with Crippen LogP contribution in [0.1, 0.15) is 43.7 Å². The zero-order chi connectivity index (χ0) is 15.0. The van der Waals surface area contributed by atoms with Crippen molar-refractivity contribution in [3.8, 4) is 5.75 Å². The van der Waals surface area contributed by atoms with E-state index >= 15 is 0 Å². The van der Waals surface area contributed by atoms with Gasteiger partial charge in [0.1, 0.15) is 5.75 Å². The molecule has 112 valence electrons. The first-order valence-corrected chi connectivity index (χ1v) is 7.58. The molecule has 0 aromatic heterocycles. The lowest BCUT2D eigenvalue weighted by molar-refractivity contribution is -0.150. The molecule has 2 aliphatic carbocycles. The summed E-state index contributed by atoms with van der Waals surface area (Å²) in [5, 5.41) is 0. The first-order valence-electron chi connectivity index (χ1n) is 7.58. The molecular formula is C18H22O3. The summed E-state index contributed by atoms with van der Waals surface area (Å²) < 4.78 is 10.4. The minimum Gasteiger partial charge on any atom is -0.497 e. The summed E-state index contributed by atoms with van der Waals surface area (Å²) in [5.41, 5.74) is 4.84. The van der Waals surface area contributed by atoms with E-state index in [4.69, 9.17) is 9.47 Å². The molecule has 3 nitrogen and oxygen atoms in total. The third-order valence-corrected chi connectivity index (χ3v) is 5.05. The molecule has 1 unspecified atom stereocenters. The maximum atomic E-state index is 12.3. The lowest BCUT2D eigenvalue weighted by atomic mass is 9.65. The standard InChI is InChI=1S/C18H22O3/c1-18(17(19)21-3)10-4-5-15-14-8-7-13(20-2)11-12(14)6-9-16(15)18/h7-8,11H,4-6,9-10H2,1-3H3. The topological polar surface area (TPSA) is 35.5 Å². The van der Waals surface area contributed by atoms with Crippen LogP contribution in [-0.2, 0) is 16.0 Å². The molecule has 2 aliphatic rings. The van der Waals surface area contributed by atoms with Gasteiger partial charge >= 0.3 is 5.97 Å². The van der Waals surface area contributed by atoms with Gasteiger partial charge in [0.15, 0.2) is 0 Å². The van der Waals surface area contributed by atoms with Crippen LogP contribution in [0.25, 0.3) is 5.57 Å². The van der Waals surface area contributed by atoms with Crippen molar-refractivity contribution in [2.75, 3.05) is 14.2 Å². The number of allylic oxidation sites excluding steroid dienone is 1. The Morgan fingerprint density at radius 3 is 2.71 bits per heavy atom. The van der Waals surface area contributed by atoms with Gasteiger partial charge in [-0.2, -0.15) is 0 Å². The van der Waals surface area contributed by atoms with Crippen LogP contribution in [0.3, 0.4) is 0 Å². The van der Waals surface area contributed by atoms with Crippen molar-refractivity contribution in [1.29, 1.82) is 0 Å². The molecule has 1 atom stereocenters. The molecule has 0 radical (unpaired) electrons. The Kier molecular flexibility index (Phi) is 3.52. The second kappa shape index (κ2) is 5.21. The normalized spacial score (nSPS) is 24.1. The van der Waals surface area contributed by atoms with E-state index in [2.05, 4.69) is 12.1 Å². The molecule has 0 aliphatic heterocycles. The number of methoxy groups -OCH3 is 2. The van der Waals surface area contributed by atoms with Crippen LogP contribution in [0.4, 0.5) is 0 Å². The number of carbonyl (C=O) groups excluding carboxylic acids is 1. The number of hydrogen-bond donors (Lipinski definition) is 0. The van der Waals surface area contributed by atoms with Gasteiger partial charge in [0, 0.05) is 0 Å². The number of hydrogen-bond acceptors (Lipinski definition) is 3. The molecule has 0 saturated carbocycles. The maximum Gasteiger partial charge on any atom is 0.315 e. The highest BCUT2D eigenvalue weighted by molar-refractivity contribution is 5.87. The molecule has 0 spiro atoms. The van der Waals surface area contributed by atoms with Crippen LogP contribution in [0, 0.1) is 5.41 Å². The van der Waals surface area contributed by atoms with Gasteiger partial charge in [0.2, 0.25) is 0 Å². The molecule has 0 amide bonds. The lowest BCUT2D eigenvalue weighted by Crippen LogP contribution is -2.35. The minimum absolute atomic E-state index is 0.0911. The second-order valence-electron chi connectivity index (χ2n) is 6.16. The average molecular weight is 286 g/mol. The Morgan fingerprint density at radius 1 is 1.19 bits per heavy atom. The number of ether oxygens (including phenoxy) is 2. The zero-order valence-corrected chi connectivity index (χ0v) is 13.0. The number of fused-ring (bicyclic) bond motifs is 2. The predicted molar refractivity (Wildman–Crippen MR) is 82.2 cm³/mol. The number of rotatable bonds is 2. The third-order valence-electron chi connectivity index (χ3n) is 5.05. The lowest BCUT2D eigenvalue weighted by Gasteiger charge is -2.39. The van der Waals surface area contributed by atoms with Crippen molar-refractivity contribution in [3.63, 3.8) is 0 Å². The molecule has 3 rings (SSSR count). The summed E-state index contributed by atoms with van der Waals surface area (Å²) in [7, 11) is 3.19. The Hall–Kier alpha value is -1.77. The minimum atomic E-state index is -0.444. The highest BCUT2D eigenvalue weighted by Crippen LogP contribution is 2.50. The predicted octanol–water partition coefficient (Wildman–Crippen LogP) is 3.76. The van der Waals surface area contributed by atoms with E-state index in [-0.39, 0.29) is 5.97 Å². The van der Waals surface area contributed by atoms with Gasteiger partial charge in [-0.1, -0.05) is 6.07 Å². The summed E-state index contributed by atoms with van der Waals surface area (Å²) in [5.74, 6) is 0.816. The summed E-state index contributed by atoms with van der Waals surface area (Å²) in [4.78, 5) is 12.3. The molecule has 1 aromatic rings. The number of aryl methyl sites for hydroxylation is 1. The zero-order valence-electron chi connectivity index (χ0n) is 13.0. The van der Waals surface area contributed by atoms with Gasteiger partial charge in [0.25, 0.3) is 0 Å². The fourth-order valence-corrected chi connectivity index (χ4v) is 3.89. The molecule has 3 heteroatoms. The van der Waals surface area contributed by atoms with Crippen molar-refractivity contribution in [2.45, 2.75) is 39.0 Å². The van der Waals surface area contributed by atoms with E-state index in [0.717, 1.165) is 37.9 Å². The largest absolute Gasteiger partial charge is 0.497 e. The van der Waals surface area contributed by atoms with Crippen LogP contribution in [0.2, 0.25) is 0 Å². The fraction of sp³-hybridized carbons (Fsp3) is 0.500. The van der Waals surface area contributed by atoms with Crippen LogP contribution >= 0.6 is 0 Å². The molecule has 1 aromatic carbocycles. The van der Waals surface area contributed by atoms with Crippen molar-refractivity contribution in [2.24, 2.45) is 5.41 Å². The SMILES string of the molecule is COC(=O)C1(C)CCCC2=C1CCc1cc(OC)ccc12. The molecular weight excluding hydrogens is 264 g/mol. The third kappa shape index (κ3) is 2.15. The number of esters is 1. The van der Waals surface area contributed by atoms with Gasteiger partial charge in [0.05, 0.1) is 19.6 Å². The van der Waals surface area contributed by atoms with Gasteiger partial charge in [-0.15, -0.1) is 0 Å². The Labute approximate surface area is 125 Å². The van der Waals surface area contributed by atoms with Crippen LogP contribution in [-0.4, -0.2) is 20.2 Å². The van der Waals surface area contributed by atoms with Crippen molar-refractivity contribution in [3.05, 3.63) is 34.9 Å². The Balaban J connectivity index is 2.10. The van der Waals surface area contributed by atoms with E-state index in [1.54, 1.807) is 7.11 Å². The second-order valence-corrected chi connectivity index (χ2v) is 6.16. The highest BCUT2D eigenvalue weighted by Gasteiger charge is 2.43. The van der Waals surface area contributed by atoms with E-state index < -0.39 is 5.41 Å². The highest BCUT2D eigenvalue weighted by atomic mass is 16.5. The first kappa shape index (κ1) is 14.2. The monoisotopic (exact) mass is 286 g/mol. The van der Waals surface area contributed by atoms with Crippen LogP contribution in [0.15, 0.2) is 23.8 Å². The maximum absolute atomic E-state index is 12.3. The first-order chi connectivity index (χ1) is 10.1. The van der Waals surface area contributed by atoms with Gasteiger partial charge in [-0.05, 0) is 73.4 Å². The number of carbonyl (C=O) groups is 1. The van der Waals surface area contributed by atoms with Gasteiger partial charge in [-0.3, -0.25) is 4.79 Å². The Morgan fingerprint density at radius 2 is 2.00 bits per heavy atom.